The zero-order valence-electron chi connectivity index (χ0n) is 8.68. The Morgan fingerprint density at radius 1 is 1.60 bits per heavy atom. The Hall–Kier alpha value is -1.49. The highest BCUT2D eigenvalue weighted by atomic mass is 16.2. The lowest BCUT2D eigenvalue weighted by atomic mass is 10.1. The number of aromatic nitrogens is 2. The Morgan fingerprint density at radius 2 is 2.40 bits per heavy atom. The van der Waals surface area contributed by atoms with Crippen LogP contribution in [0.2, 0.25) is 0 Å². The van der Waals surface area contributed by atoms with Crippen molar-refractivity contribution in [3.63, 3.8) is 0 Å². The quantitative estimate of drug-likeness (QED) is 0.744. The molecule has 2 rings (SSSR count). The molecule has 0 aliphatic carbocycles. The highest BCUT2D eigenvalue weighted by molar-refractivity contribution is 5.94. The number of amides is 1. The molecule has 1 atom stereocenters. The first-order chi connectivity index (χ1) is 7.20. The van der Waals surface area contributed by atoms with Gasteiger partial charge in [-0.05, 0) is 19.4 Å². The van der Waals surface area contributed by atoms with E-state index in [1.165, 1.54) is 0 Å². The first kappa shape index (κ1) is 10.0. The number of nitrogens with zero attached hydrogens (tertiary/aromatic N) is 3. The van der Waals surface area contributed by atoms with Gasteiger partial charge in [-0.3, -0.25) is 14.7 Å². The molecule has 5 heteroatoms. The van der Waals surface area contributed by atoms with E-state index >= 15 is 0 Å². The summed E-state index contributed by atoms with van der Waals surface area (Å²) < 4.78 is 0. The van der Waals surface area contributed by atoms with Crippen LogP contribution in [0.15, 0.2) is 12.4 Å². The van der Waals surface area contributed by atoms with Crippen molar-refractivity contribution >= 4 is 11.7 Å². The van der Waals surface area contributed by atoms with E-state index in [9.17, 15) is 4.79 Å². The smallest absolute Gasteiger partial charge is 0.228 e. The molecule has 1 aliphatic rings. The zero-order chi connectivity index (χ0) is 10.8. The summed E-state index contributed by atoms with van der Waals surface area (Å²) in [6, 6.07) is 0. The van der Waals surface area contributed by atoms with Crippen LogP contribution in [0.3, 0.4) is 0 Å². The molecular weight excluding hydrogens is 192 g/mol. The highest BCUT2D eigenvalue weighted by Gasteiger charge is 2.30. The summed E-state index contributed by atoms with van der Waals surface area (Å²) >= 11 is 0. The predicted octanol–water partition coefficient (Wildman–Crippen LogP) is 0.0966. The molecule has 0 saturated carbocycles. The Balaban J connectivity index is 2.21. The lowest BCUT2D eigenvalue weighted by Gasteiger charge is -2.14. The summed E-state index contributed by atoms with van der Waals surface area (Å²) in [6.07, 6.45) is 3.81. The third-order valence-corrected chi connectivity index (χ3v) is 2.56. The second-order valence-electron chi connectivity index (χ2n) is 3.83. The molecule has 5 nitrogen and oxygen atoms in total. The zero-order valence-corrected chi connectivity index (χ0v) is 8.68. The van der Waals surface area contributed by atoms with Crippen LogP contribution in [0.25, 0.3) is 0 Å². The molecule has 0 bridgehead atoms. The minimum atomic E-state index is 0.0883. The summed E-state index contributed by atoms with van der Waals surface area (Å²) in [6.45, 7) is 3.06. The van der Waals surface area contributed by atoms with Gasteiger partial charge in [0.05, 0.1) is 11.9 Å². The lowest BCUT2D eigenvalue weighted by molar-refractivity contribution is -0.117. The number of carbonyl (C=O) groups is 1. The fourth-order valence-corrected chi connectivity index (χ4v) is 1.74. The number of hydrogen-bond acceptors (Lipinski definition) is 4. The van der Waals surface area contributed by atoms with Crippen molar-refractivity contribution in [1.82, 2.24) is 9.97 Å². The van der Waals surface area contributed by atoms with E-state index in [4.69, 9.17) is 5.73 Å². The van der Waals surface area contributed by atoms with Gasteiger partial charge < -0.3 is 5.73 Å². The Bertz CT molecular complexity index is 379. The van der Waals surface area contributed by atoms with E-state index in [1.807, 2.05) is 6.92 Å². The molecule has 2 N–H and O–H groups in total. The monoisotopic (exact) mass is 206 g/mol. The van der Waals surface area contributed by atoms with Gasteiger partial charge in [-0.25, -0.2) is 4.98 Å². The van der Waals surface area contributed by atoms with Crippen LogP contribution in [0.5, 0.6) is 0 Å². The molecule has 1 saturated heterocycles. The van der Waals surface area contributed by atoms with E-state index in [-0.39, 0.29) is 11.8 Å². The third-order valence-electron chi connectivity index (χ3n) is 2.56. The second-order valence-corrected chi connectivity index (χ2v) is 3.83. The number of anilines is 1. The number of aryl methyl sites for hydroxylation is 1. The number of carbonyl (C=O) groups excluding carboxylic acids is 1. The van der Waals surface area contributed by atoms with Gasteiger partial charge in [0.2, 0.25) is 5.91 Å². The largest absolute Gasteiger partial charge is 0.330 e. The van der Waals surface area contributed by atoms with Crippen molar-refractivity contribution in [3.8, 4) is 0 Å². The molecule has 0 aromatic carbocycles. The maximum Gasteiger partial charge on any atom is 0.228 e. The Kier molecular flexibility index (Phi) is 2.64. The molecule has 1 aromatic heterocycles. The van der Waals surface area contributed by atoms with Gasteiger partial charge in [-0.15, -0.1) is 0 Å². The highest BCUT2D eigenvalue weighted by Crippen LogP contribution is 2.21. The Morgan fingerprint density at radius 3 is 3.00 bits per heavy atom. The molecular formula is C10H14N4O. The maximum atomic E-state index is 11.7. The van der Waals surface area contributed by atoms with Gasteiger partial charge in [0.1, 0.15) is 0 Å². The van der Waals surface area contributed by atoms with Crippen molar-refractivity contribution in [2.45, 2.75) is 13.3 Å². The van der Waals surface area contributed by atoms with E-state index in [1.54, 1.807) is 17.3 Å². The fourth-order valence-electron chi connectivity index (χ4n) is 1.74. The SMILES string of the molecule is Cc1cncc(N2CC(CN)CC2=O)n1. The van der Waals surface area contributed by atoms with E-state index in [2.05, 4.69) is 9.97 Å². The number of nitrogens with two attached hydrogens (primary N) is 1. The van der Waals surface area contributed by atoms with Crippen molar-refractivity contribution < 1.29 is 4.79 Å². The molecule has 80 valence electrons. The van der Waals surface area contributed by atoms with Crippen LogP contribution in [0, 0.1) is 12.8 Å². The van der Waals surface area contributed by atoms with Crippen LogP contribution in [-0.4, -0.2) is 29.0 Å². The normalized spacial score (nSPS) is 21.1. The third kappa shape index (κ3) is 1.97. The van der Waals surface area contributed by atoms with E-state index in [0.29, 0.717) is 25.3 Å². The standard InChI is InChI=1S/C10H14N4O/c1-7-4-12-5-9(13-7)14-6-8(3-11)2-10(14)15/h4-5,8H,2-3,6,11H2,1H3. The van der Waals surface area contributed by atoms with Crippen molar-refractivity contribution in [2.24, 2.45) is 11.7 Å². The molecule has 1 amide bonds. The van der Waals surface area contributed by atoms with Gasteiger partial charge >= 0.3 is 0 Å². The minimum Gasteiger partial charge on any atom is -0.330 e. The topological polar surface area (TPSA) is 72.1 Å². The molecule has 1 unspecified atom stereocenters. The van der Waals surface area contributed by atoms with Crippen LogP contribution in [0.4, 0.5) is 5.82 Å². The molecule has 1 aliphatic heterocycles. The summed E-state index contributed by atoms with van der Waals surface area (Å²) in [5, 5.41) is 0. The second kappa shape index (κ2) is 3.94. The van der Waals surface area contributed by atoms with Gasteiger partial charge in [0.15, 0.2) is 5.82 Å². The van der Waals surface area contributed by atoms with Crippen LogP contribution in [-0.2, 0) is 4.79 Å². The minimum absolute atomic E-state index is 0.0883. The van der Waals surface area contributed by atoms with Gasteiger partial charge in [-0.2, -0.15) is 0 Å². The summed E-state index contributed by atoms with van der Waals surface area (Å²) in [7, 11) is 0. The first-order valence-corrected chi connectivity index (χ1v) is 5.00. The van der Waals surface area contributed by atoms with Crippen molar-refractivity contribution in [3.05, 3.63) is 18.1 Å². The van der Waals surface area contributed by atoms with Gasteiger partial charge in [0, 0.05) is 19.2 Å². The molecule has 1 aromatic rings. The molecule has 0 radical (unpaired) electrons. The van der Waals surface area contributed by atoms with Crippen LogP contribution < -0.4 is 10.6 Å². The van der Waals surface area contributed by atoms with Crippen LogP contribution >= 0.6 is 0 Å². The Labute approximate surface area is 88.3 Å². The molecule has 1 fully saturated rings. The molecule has 2 heterocycles. The van der Waals surface area contributed by atoms with E-state index < -0.39 is 0 Å². The predicted molar refractivity (Wildman–Crippen MR) is 56.3 cm³/mol. The van der Waals surface area contributed by atoms with Crippen molar-refractivity contribution in [1.29, 1.82) is 0 Å². The van der Waals surface area contributed by atoms with Gasteiger partial charge in [0.25, 0.3) is 0 Å². The first-order valence-electron chi connectivity index (χ1n) is 5.00. The summed E-state index contributed by atoms with van der Waals surface area (Å²) in [5.74, 6) is 0.973. The number of rotatable bonds is 2. The fraction of sp³-hybridized carbons (Fsp3) is 0.500. The average Bonchev–Trinajstić information content (AvgIpc) is 2.60. The van der Waals surface area contributed by atoms with Gasteiger partial charge in [-0.1, -0.05) is 0 Å². The summed E-state index contributed by atoms with van der Waals surface area (Å²) in [4.78, 5) is 21.6. The summed E-state index contributed by atoms with van der Waals surface area (Å²) in [5.41, 5.74) is 6.37. The van der Waals surface area contributed by atoms with Crippen LogP contribution in [0.1, 0.15) is 12.1 Å². The van der Waals surface area contributed by atoms with Crippen molar-refractivity contribution in [2.75, 3.05) is 18.0 Å². The maximum absolute atomic E-state index is 11.7. The molecule has 0 spiro atoms. The van der Waals surface area contributed by atoms with E-state index in [0.717, 1.165) is 5.69 Å². The molecule has 15 heavy (non-hydrogen) atoms. The average molecular weight is 206 g/mol. The lowest BCUT2D eigenvalue weighted by Crippen LogP contribution is -2.26. The number of hydrogen-bond donors (Lipinski definition) is 1.